The number of rotatable bonds is 5. The van der Waals surface area contributed by atoms with Gasteiger partial charge in [-0.15, -0.1) is 0 Å². The Kier molecular flexibility index (Phi) is 5.08. The number of hydrogen-bond donors (Lipinski definition) is 1. The van der Waals surface area contributed by atoms with E-state index in [0.717, 1.165) is 12.2 Å². The van der Waals surface area contributed by atoms with Crippen LogP contribution in [0.2, 0.25) is 0 Å². The normalized spacial score (nSPS) is 30.3. The fourth-order valence-corrected chi connectivity index (χ4v) is 2.84. The van der Waals surface area contributed by atoms with Crippen molar-refractivity contribution in [2.45, 2.75) is 58.2 Å². The predicted octanol–water partition coefficient (Wildman–Crippen LogP) is 1.64. The predicted molar refractivity (Wildman–Crippen MR) is 75.6 cm³/mol. The molecular weight excluding hydrogens is 248 g/mol. The summed E-state index contributed by atoms with van der Waals surface area (Å²) in [4.78, 5) is 26.3. The van der Waals surface area contributed by atoms with Gasteiger partial charge in [-0.2, -0.15) is 11.8 Å². The molecule has 1 aliphatic rings. The summed E-state index contributed by atoms with van der Waals surface area (Å²) in [6, 6.07) is -0.258. The Hall–Kier alpha value is -0.710. The molecule has 0 saturated carbocycles. The van der Waals surface area contributed by atoms with Gasteiger partial charge in [0.05, 0.1) is 0 Å². The maximum absolute atomic E-state index is 12.5. The van der Waals surface area contributed by atoms with E-state index in [1.165, 1.54) is 0 Å². The molecule has 2 amide bonds. The zero-order valence-electron chi connectivity index (χ0n) is 11.9. The molecule has 18 heavy (non-hydrogen) atoms. The van der Waals surface area contributed by atoms with Gasteiger partial charge in [-0.1, -0.05) is 6.92 Å². The zero-order valence-corrected chi connectivity index (χ0v) is 12.8. The molecule has 0 aromatic carbocycles. The maximum Gasteiger partial charge on any atom is 0.248 e. The number of carbonyl (C=O) groups is 2. The minimum atomic E-state index is -0.739. The van der Waals surface area contributed by atoms with Crippen molar-refractivity contribution >= 4 is 23.6 Å². The molecule has 0 aliphatic carbocycles. The molecule has 1 N–H and O–H groups in total. The monoisotopic (exact) mass is 272 g/mol. The van der Waals surface area contributed by atoms with Crippen LogP contribution in [0.5, 0.6) is 0 Å². The fourth-order valence-electron chi connectivity index (χ4n) is 2.27. The van der Waals surface area contributed by atoms with Crippen molar-refractivity contribution < 1.29 is 9.59 Å². The number of thioether (sulfide) groups is 1. The van der Waals surface area contributed by atoms with E-state index in [1.54, 1.807) is 23.6 Å². The van der Waals surface area contributed by atoms with Crippen molar-refractivity contribution in [1.82, 2.24) is 10.2 Å². The minimum absolute atomic E-state index is 0.0463. The molecule has 1 saturated heterocycles. The van der Waals surface area contributed by atoms with Gasteiger partial charge in [-0.25, -0.2) is 0 Å². The summed E-state index contributed by atoms with van der Waals surface area (Å²) in [5.41, 5.74) is -0.739. The summed E-state index contributed by atoms with van der Waals surface area (Å²) < 4.78 is 0. The van der Waals surface area contributed by atoms with Gasteiger partial charge in [0, 0.05) is 6.04 Å². The van der Waals surface area contributed by atoms with Crippen molar-refractivity contribution in [1.29, 1.82) is 0 Å². The average molecular weight is 272 g/mol. The highest BCUT2D eigenvalue weighted by molar-refractivity contribution is 7.98. The average Bonchev–Trinajstić information content (AvgIpc) is 2.34. The van der Waals surface area contributed by atoms with Crippen LogP contribution >= 0.6 is 11.8 Å². The van der Waals surface area contributed by atoms with Crippen LogP contribution in [0.15, 0.2) is 0 Å². The van der Waals surface area contributed by atoms with Gasteiger partial charge < -0.3 is 10.2 Å². The number of nitrogens with one attached hydrogen (secondary N) is 1. The van der Waals surface area contributed by atoms with Crippen LogP contribution in [0.25, 0.3) is 0 Å². The summed E-state index contributed by atoms with van der Waals surface area (Å²) in [5.74, 6) is 1.00. The van der Waals surface area contributed by atoms with Crippen molar-refractivity contribution in [3.05, 3.63) is 0 Å². The highest BCUT2D eigenvalue weighted by atomic mass is 32.2. The van der Waals surface area contributed by atoms with Crippen molar-refractivity contribution in [3.8, 4) is 0 Å². The summed E-state index contributed by atoms with van der Waals surface area (Å²) in [5, 5.41) is 2.85. The lowest BCUT2D eigenvalue weighted by atomic mass is 9.91. The van der Waals surface area contributed by atoms with Gasteiger partial charge in [0.25, 0.3) is 0 Å². The third-order valence-corrected chi connectivity index (χ3v) is 4.47. The van der Waals surface area contributed by atoms with Crippen LogP contribution in [0.1, 0.15) is 40.5 Å². The molecular formula is C13H24N2O2S. The highest BCUT2D eigenvalue weighted by Crippen LogP contribution is 2.24. The van der Waals surface area contributed by atoms with E-state index in [2.05, 4.69) is 11.6 Å². The van der Waals surface area contributed by atoms with Crippen LogP contribution in [-0.4, -0.2) is 46.3 Å². The second kappa shape index (κ2) is 5.95. The van der Waals surface area contributed by atoms with Gasteiger partial charge in [0.2, 0.25) is 11.8 Å². The number of hydrogen-bond acceptors (Lipinski definition) is 3. The quantitative estimate of drug-likeness (QED) is 0.828. The van der Waals surface area contributed by atoms with E-state index in [1.807, 2.05) is 20.8 Å². The van der Waals surface area contributed by atoms with Crippen LogP contribution in [-0.2, 0) is 9.59 Å². The first-order valence-electron chi connectivity index (χ1n) is 6.51. The lowest BCUT2D eigenvalue weighted by molar-refractivity contribution is -0.156. The van der Waals surface area contributed by atoms with Gasteiger partial charge in [-0.05, 0) is 45.6 Å². The van der Waals surface area contributed by atoms with Gasteiger partial charge in [0.1, 0.15) is 11.6 Å². The van der Waals surface area contributed by atoms with Gasteiger partial charge in [0.15, 0.2) is 0 Å². The smallest absolute Gasteiger partial charge is 0.248 e. The van der Waals surface area contributed by atoms with Gasteiger partial charge in [-0.3, -0.25) is 9.59 Å². The highest BCUT2D eigenvalue weighted by Gasteiger charge is 2.46. The molecule has 1 heterocycles. The number of piperazine rings is 1. The van der Waals surface area contributed by atoms with Crippen molar-refractivity contribution in [2.75, 3.05) is 12.0 Å². The summed E-state index contributed by atoms with van der Waals surface area (Å²) in [6.45, 7) is 7.57. The number of nitrogens with zero attached hydrogens (tertiary/aromatic N) is 1. The Morgan fingerprint density at radius 3 is 2.61 bits per heavy atom. The van der Waals surface area contributed by atoms with Gasteiger partial charge >= 0.3 is 0 Å². The molecule has 3 atom stereocenters. The van der Waals surface area contributed by atoms with Crippen LogP contribution < -0.4 is 5.32 Å². The molecule has 0 aromatic heterocycles. The molecule has 0 aromatic rings. The molecule has 1 rings (SSSR count). The Morgan fingerprint density at radius 2 is 2.11 bits per heavy atom. The van der Waals surface area contributed by atoms with E-state index in [9.17, 15) is 9.59 Å². The van der Waals surface area contributed by atoms with E-state index < -0.39 is 5.54 Å². The van der Waals surface area contributed by atoms with E-state index >= 15 is 0 Å². The standard InChI is InChI=1S/C13H24N2O2S/c1-6-13(4)12(17)15(9(2)7-8-18-5)10(3)11(16)14-13/h9-10H,6-8H2,1-5H3,(H,14,16). The second-order valence-corrected chi connectivity index (χ2v) is 6.18. The Bertz CT molecular complexity index is 335. The molecule has 0 bridgehead atoms. The zero-order chi connectivity index (χ0) is 13.9. The van der Waals surface area contributed by atoms with E-state index in [4.69, 9.17) is 0 Å². The lowest BCUT2D eigenvalue weighted by Crippen LogP contribution is -2.69. The molecule has 1 fully saturated rings. The first-order valence-corrected chi connectivity index (χ1v) is 7.90. The molecule has 0 radical (unpaired) electrons. The molecule has 0 spiro atoms. The third-order valence-electron chi connectivity index (χ3n) is 3.82. The van der Waals surface area contributed by atoms with Crippen molar-refractivity contribution in [3.63, 3.8) is 0 Å². The SMILES string of the molecule is CCC1(C)NC(=O)C(C)N(C(C)CCSC)C1=O. The summed E-state index contributed by atoms with van der Waals surface area (Å²) in [7, 11) is 0. The first kappa shape index (κ1) is 15.3. The molecule has 1 aliphatic heterocycles. The van der Waals surface area contributed by atoms with Crippen LogP contribution in [0.3, 0.4) is 0 Å². The number of carbonyl (C=O) groups excluding carboxylic acids is 2. The minimum Gasteiger partial charge on any atom is -0.340 e. The third kappa shape index (κ3) is 2.82. The van der Waals surface area contributed by atoms with Crippen LogP contribution in [0.4, 0.5) is 0 Å². The second-order valence-electron chi connectivity index (χ2n) is 5.19. The number of amides is 2. The van der Waals surface area contributed by atoms with Crippen LogP contribution in [0, 0.1) is 0 Å². The molecule has 3 unspecified atom stereocenters. The Balaban J connectivity index is 2.91. The van der Waals surface area contributed by atoms with E-state index in [-0.39, 0.29) is 23.9 Å². The summed E-state index contributed by atoms with van der Waals surface area (Å²) >= 11 is 1.76. The summed E-state index contributed by atoms with van der Waals surface area (Å²) in [6.07, 6.45) is 3.59. The Labute approximate surface area is 114 Å². The molecule has 104 valence electrons. The maximum atomic E-state index is 12.5. The largest absolute Gasteiger partial charge is 0.340 e. The Morgan fingerprint density at radius 1 is 1.50 bits per heavy atom. The topological polar surface area (TPSA) is 49.4 Å². The van der Waals surface area contributed by atoms with Crippen molar-refractivity contribution in [2.24, 2.45) is 0 Å². The molecule has 4 nitrogen and oxygen atoms in total. The van der Waals surface area contributed by atoms with E-state index in [0.29, 0.717) is 6.42 Å². The lowest BCUT2D eigenvalue weighted by Gasteiger charge is -2.45. The molecule has 5 heteroatoms. The fraction of sp³-hybridized carbons (Fsp3) is 0.846. The first-order chi connectivity index (χ1) is 8.37.